The summed E-state index contributed by atoms with van der Waals surface area (Å²) in [5, 5.41) is 0. The summed E-state index contributed by atoms with van der Waals surface area (Å²) >= 11 is 0. The van der Waals surface area contributed by atoms with Gasteiger partial charge in [0.2, 0.25) is 0 Å². The van der Waals surface area contributed by atoms with Gasteiger partial charge < -0.3 is 6.16 Å². The Kier molecular flexibility index (Phi) is 8.12. The molecule has 5 nitrogen and oxygen atoms in total. The molecule has 0 aromatic rings. The van der Waals surface area contributed by atoms with Crippen molar-refractivity contribution in [3.63, 3.8) is 0 Å². The van der Waals surface area contributed by atoms with Gasteiger partial charge in [-0.3, -0.25) is 9.35 Å². The zero-order chi connectivity index (χ0) is 11.4. The van der Waals surface area contributed by atoms with Gasteiger partial charge in [0.25, 0.3) is 10.1 Å². The third-order valence-electron chi connectivity index (χ3n) is 2.28. The predicted octanol–water partition coefficient (Wildman–Crippen LogP) is -1.89. The molecular weight excluding hydrogens is 231 g/mol. The van der Waals surface area contributed by atoms with E-state index in [-0.39, 0.29) is 50.4 Å². The van der Waals surface area contributed by atoms with Crippen LogP contribution in [-0.4, -0.2) is 30.3 Å². The van der Waals surface area contributed by atoms with Crippen LogP contribution in [0.25, 0.3) is 0 Å². The molecule has 0 aliphatic rings. The van der Waals surface area contributed by atoms with Crippen molar-refractivity contribution in [2.45, 2.75) is 38.4 Å². The molecule has 0 fully saturated rings. The number of esters is 1. The molecule has 0 rings (SSSR count). The Morgan fingerprint density at radius 1 is 1.33 bits per heavy atom. The molecule has 0 aromatic heterocycles. The molecule has 0 spiro atoms. The van der Waals surface area contributed by atoms with Gasteiger partial charge in [0.15, 0.2) is 4.75 Å². The summed E-state index contributed by atoms with van der Waals surface area (Å²) in [4.78, 5) is 11.4. The standard InChI is InChI=1S/C8H16O5S.Na.H/c1-4-8(5-2,14(10,11)12)7(9)13-6-3;;/h4-6H2,1-3H3,(H,10,11,12);;/q;+1;-1. The molecule has 0 aliphatic heterocycles. The van der Waals surface area contributed by atoms with Crippen molar-refractivity contribution in [3.05, 3.63) is 0 Å². The normalized spacial score (nSPS) is 11.7. The van der Waals surface area contributed by atoms with Gasteiger partial charge in [0, 0.05) is 0 Å². The Morgan fingerprint density at radius 3 is 1.93 bits per heavy atom. The Labute approximate surface area is 114 Å². The van der Waals surface area contributed by atoms with Crippen LogP contribution >= 0.6 is 0 Å². The van der Waals surface area contributed by atoms with Crippen LogP contribution in [0.5, 0.6) is 0 Å². The Balaban J connectivity index is -0.000000845. The minimum atomic E-state index is -4.42. The van der Waals surface area contributed by atoms with Crippen LogP contribution in [0.2, 0.25) is 0 Å². The van der Waals surface area contributed by atoms with Gasteiger partial charge in [-0.25, -0.2) is 0 Å². The van der Waals surface area contributed by atoms with E-state index >= 15 is 0 Å². The maximum atomic E-state index is 11.4. The summed E-state index contributed by atoms with van der Waals surface area (Å²) in [6, 6.07) is 0. The Bertz CT molecular complexity index is 300. The molecule has 0 aliphatic carbocycles. The molecule has 15 heavy (non-hydrogen) atoms. The Morgan fingerprint density at radius 2 is 1.73 bits per heavy atom. The summed E-state index contributed by atoms with van der Waals surface area (Å²) in [5.74, 6) is -0.882. The number of hydrogen-bond acceptors (Lipinski definition) is 4. The van der Waals surface area contributed by atoms with E-state index in [2.05, 4.69) is 4.74 Å². The largest absolute Gasteiger partial charge is 1.00 e. The number of carbonyl (C=O) groups is 1. The summed E-state index contributed by atoms with van der Waals surface area (Å²) in [7, 11) is -4.42. The molecular formula is C8H17NaO5S. The predicted molar refractivity (Wildman–Crippen MR) is 52.6 cm³/mol. The monoisotopic (exact) mass is 248 g/mol. The molecule has 0 heterocycles. The molecule has 86 valence electrons. The van der Waals surface area contributed by atoms with E-state index in [1.807, 2.05) is 0 Å². The van der Waals surface area contributed by atoms with Crippen LogP contribution in [0.15, 0.2) is 0 Å². The first-order valence-electron chi connectivity index (χ1n) is 4.50. The molecule has 0 saturated carbocycles. The maximum absolute atomic E-state index is 11.4. The number of ether oxygens (including phenoxy) is 1. The van der Waals surface area contributed by atoms with Crippen LogP contribution in [0.4, 0.5) is 0 Å². The van der Waals surface area contributed by atoms with Crippen molar-refractivity contribution in [1.82, 2.24) is 0 Å². The van der Waals surface area contributed by atoms with E-state index in [0.717, 1.165) is 0 Å². The zero-order valence-corrected chi connectivity index (χ0v) is 12.4. The van der Waals surface area contributed by atoms with Gasteiger partial charge in [0.05, 0.1) is 6.61 Å². The van der Waals surface area contributed by atoms with Crippen LogP contribution in [0.3, 0.4) is 0 Å². The van der Waals surface area contributed by atoms with Crippen molar-refractivity contribution in [3.8, 4) is 0 Å². The van der Waals surface area contributed by atoms with E-state index < -0.39 is 20.8 Å². The molecule has 0 amide bonds. The fourth-order valence-electron chi connectivity index (χ4n) is 1.27. The van der Waals surface area contributed by atoms with Crippen molar-refractivity contribution in [2.75, 3.05) is 6.61 Å². The molecule has 0 bridgehead atoms. The minimum absolute atomic E-state index is 0. The van der Waals surface area contributed by atoms with Crippen molar-refractivity contribution in [1.29, 1.82) is 0 Å². The molecule has 0 aromatic carbocycles. The number of carbonyl (C=O) groups excluding carboxylic acids is 1. The summed E-state index contributed by atoms with van der Waals surface area (Å²) in [6.07, 6.45) is 0.00231. The molecule has 0 radical (unpaired) electrons. The zero-order valence-electron chi connectivity index (χ0n) is 10.6. The first-order valence-corrected chi connectivity index (χ1v) is 5.94. The fourth-order valence-corrected chi connectivity index (χ4v) is 2.27. The van der Waals surface area contributed by atoms with Gasteiger partial charge in [-0.1, -0.05) is 13.8 Å². The van der Waals surface area contributed by atoms with E-state index in [0.29, 0.717) is 0 Å². The average molecular weight is 248 g/mol. The first-order chi connectivity index (χ1) is 6.35. The minimum Gasteiger partial charge on any atom is -1.00 e. The summed E-state index contributed by atoms with van der Waals surface area (Å²) in [5.41, 5.74) is 0. The second-order valence-corrected chi connectivity index (χ2v) is 4.63. The Hall–Kier alpha value is 0.380. The van der Waals surface area contributed by atoms with Crippen molar-refractivity contribution >= 4 is 16.1 Å². The van der Waals surface area contributed by atoms with Crippen LogP contribution < -0.4 is 29.6 Å². The summed E-state index contributed by atoms with van der Waals surface area (Å²) in [6.45, 7) is 4.72. The smallest absolute Gasteiger partial charge is 1.00 e. The molecule has 7 heteroatoms. The van der Waals surface area contributed by atoms with E-state index in [9.17, 15) is 13.2 Å². The van der Waals surface area contributed by atoms with E-state index in [1.165, 1.54) is 13.8 Å². The fraction of sp³-hybridized carbons (Fsp3) is 0.875. The van der Waals surface area contributed by atoms with Gasteiger partial charge >= 0.3 is 35.5 Å². The van der Waals surface area contributed by atoms with E-state index in [1.54, 1.807) is 6.92 Å². The van der Waals surface area contributed by atoms with Crippen LogP contribution in [0.1, 0.15) is 35.0 Å². The van der Waals surface area contributed by atoms with Crippen LogP contribution in [-0.2, 0) is 19.6 Å². The third kappa shape index (κ3) is 3.71. The number of rotatable bonds is 5. The first kappa shape index (κ1) is 17.8. The summed E-state index contributed by atoms with van der Waals surface area (Å²) < 4.78 is 34.0. The second kappa shape index (κ2) is 6.85. The van der Waals surface area contributed by atoms with Gasteiger partial charge in [0.1, 0.15) is 0 Å². The average Bonchev–Trinajstić information content (AvgIpc) is 2.05. The molecule has 0 saturated heterocycles. The van der Waals surface area contributed by atoms with Crippen molar-refractivity contribution < 1.29 is 53.5 Å². The number of hydrogen-bond donors (Lipinski definition) is 1. The van der Waals surface area contributed by atoms with Crippen LogP contribution in [0, 0.1) is 0 Å². The van der Waals surface area contributed by atoms with Gasteiger partial charge in [-0.05, 0) is 19.8 Å². The topological polar surface area (TPSA) is 80.7 Å². The van der Waals surface area contributed by atoms with Crippen molar-refractivity contribution in [2.24, 2.45) is 0 Å². The molecule has 1 N–H and O–H groups in total. The molecule has 0 unspecified atom stereocenters. The maximum Gasteiger partial charge on any atom is 1.00 e. The van der Waals surface area contributed by atoms with Gasteiger partial charge in [-0.2, -0.15) is 8.42 Å². The quantitative estimate of drug-likeness (QED) is 0.350. The van der Waals surface area contributed by atoms with Gasteiger partial charge in [-0.15, -0.1) is 0 Å². The SMILES string of the molecule is CCOC(=O)C(CC)(CC)S(=O)(=O)O.[H-].[Na+]. The second-order valence-electron chi connectivity index (χ2n) is 2.90. The molecule has 0 atom stereocenters. The van der Waals surface area contributed by atoms with E-state index in [4.69, 9.17) is 4.55 Å². The third-order valence-corrected chi connectivity index (χ3v) is 4.02.